The summed E-state index contributed by atoms with van der Waals surface area (Å²) in [4.78, 5) is 30.4. The largest absolute Gasteiger partial charge is 0.338 e. The third kappa shape index (κ3) is 3.21. The van der Waals surface area contributed by atoms with Crippen molar-refractivity contribution >= 4 is 5.91 Å². The predicted octanol–water partition coefficient (Wildman–Crippen LogP) is 1.63. The van der Waals surface area contributed by atoms with E-state index in [9.17, 15) is 9.59 Å². The summed E-state index contributed by atoms with van der Waals surface area (Å²) in [5.74, 6) is 0.451. The molecule has 0 aliphatic rings. The first-order chi connectivity index (χ1) is 11.1. The molecule has 1 aromatic carbocycles. The van der Waals surface area contributed by atoms with Gasteiger partial charge in [-0.15, -0.1) is 0 Å². The van der Waals surface area contributed by atoms with Gasteiger partial charge in [0.1, 0.15) is 11.9 Å². The van der Waals surface area contributed by atoms with Gasteiger partial charge in [-0.25, -0.2) is 4.98 Å². The minimum atomic E-state index is -0.379. The molecule has 0 bridgehead atoms. The van der Waals surface area contributed by atoms with Crippen LogP contribution in [0.2, 0.25) is 0 Å². The molecule has 116 valence electrons. The van der Waals surface area contributed by atoms with Gasteiger partial charge >= 0.3 is 0 Å². The number of amides is 1. The highest BCUT2D eigenvalue weighted by atomic mass is 16.2. The lowest BCUT2D eigenvalue weighted by atomic mass is 10.1. The molecular weight excluding hydrogens is 292 g/mol. The van der Waals surface area contributed by atoms with Crippen LogP contribution in [0.4, 0.5) is 0 Å². The number of carbonyl (C=O) groups is 1. The quantitative estimate of drug-likeness (QED) is 0.769. The Morgan fingerprint density at radius 2 is 2.00 bits per heavy atom. The highest BCUT2D eigenvalue weighted by Crippen LogP contribution is 2.20. The van der Waals surface area contributed by atoms with Crippen molar-refractivity contribution < 1.29 is 4.79 Å². The molecule has 0 fully saturated rings. The highest BCUT2D eigenvalue weighted by Gasteiger charge is 2.21. The molecule has 0 aliphatic heterocycles. The summed E-state index contributed by atoms with van der Waals surface area (Å²) < 4.78 is 1.87. The molecule has 3 rings (SSSR count). The molecule has 0 radical (unpaired) electrons. The third-order valence-electron chi connectivity index (χ3n) is 3.57. The standard InChI is InChI=1S/C17H16N4O2/c1-21-10-9-18-16(21)15(12-5-3-2-4-6-12)20-17(23)13-7-8-14(22)19-11-13/h2-11,15H,1H3,(H,19,22)(H,20,23)/t15-/m1/s1. The average molecular weight is 308 g/mol. The van der Waals surface area contributed by atoms with Gasteiger partial charge in [0.25, 0.3) is 5.91 Å². The van der Waals surface area contributed by atoms with Crippen LogP contribution in [0.25, 0.3) is 0 Å². The molecule has 0 aliphatic carbocycles. The molecule has 0 spiro atoms. The molecular formula is C17H16N4O2. The second kappa shape index (κ2) is 6.31. The minimum Gasteiger partial charge on any atom is -0.338 e. The average Bonchev–Trinajstić information content (AvgIpc) is 2.99. The fourth-order valence-corrected chi connectivity index (χ4v) is 2.36. The molecule has 6 heteroatoms. The lowest BCUT2D eigenvalue weighted by Crippen LogP contribution is -2.31. The summed E-state index contributed by atoms with van der Waals surface area (Å²) in [6.07, 6.45) is 4.92. The van der Waals surface area contributed by atoms with Gasteiger partial charge in [-0.05, 0) is 11.6 Å². The topological polar surface area (TPSA) is 79.8 Å². The van der Waals surface area contributed by atoms with E-state index < -0.39 is 0 Å². The normalized spacial score (nSPS) is 11.9. The summed E-state index contributed by atoms with van der Waals surface area (Å²) in [7, 11) is 1.88. The van der Waals surface area contributed by atoms with Gasteiger partial charge in [-0.1, -0.05) is 30.3 Å². The van der Waals surface area contributed by atoms with Gasteiger partial charge in [0.05, 0.1) is 5.56 Å². The van der Waals surface area contributed by atoms with Gasteiger partial charge in [0.15, 0.2) is 0 Å². The van der Waals surface area contributed by atoms with Crippen LogP contribution in [0.3, 0.4) is 0 Å². The number of rotatable bonds is 4. The number of nitrogens with zero attached hydrogens (tertiary/aromatic N) is 2. The van der Waals surface area contributed by atoms with Crippen molar-refractivity contribution in [3.8, 4) is 0 Å². The molecule has 0 unspecified atom stereocenters. The molecule has 23 heavy (non-hydrogen) atoms. The van der Waals surface area contributed by atoms with Gasteiger partial charge < -0.3 is 14.9 Å². The van der Waals surface area contributed by atoms with Crippen molar-refractivity contribution in [1.29, 1.82) is 0 Å². The second-order valence-corrected chi connectivity index (χ2v) is 5.16. The monoisotopic (exact) mass is 308 g/mol. The van der Waals surface area contributed by atoms with Crippen molar-refractivity contribution in [1.82, 2.24) is 19.9 Å². The number of hydrogen-bond acceptors (Lipinski definition) is 3. The lowest BCUT2D eigenvalue weighted by molar-refractivity contribution is 0.0940. The van der Waals surface area contributed by atoms with Crippen molar-refractivity contribution in [3.05, 3.63) is 88.4 Å². The first kappa shape index (κ1) is 14.8. The van der Waals surface area contributed by atoms with E-state index in [1.165, 1.54) is 18.3 Å². The minimum absolute atomic E-state index is 0.245. The number of aromatic amines is 1. The van der Waals surface area contributed by atoms with Crippen molar-refractivity contribution in [2.45, 2.75) is 6.04 Å². The van der Waals surface area contributed by atoms with Crippen LogP contribution in [0.1, 0.15) is 27.8 Å². The van der Waals surface area contributed by atoms with Crippen molar-refractivity contribution in [2.24, 2.45) is 7.05 Å². The van der Waals surface area contributed by atoms with Crippen molar-refractivity contribution in [2.75, 3.05) is 0 Å². The highest BCUT2D eigenvalue weighted by molar-refractivity contribution is 5.94. The molecule has 0 saturated heterocycles. The van der Waals surface area contributed by atoms with E-state index in [4.69, 9.17) is 0 Å². The Balaban J connectivity index is 1.93. The Kier molecular flexibility index (Phi) is 4.05. The van der Waals surface area contributed by atoms with E-state index in [2.05, 4.69) is 15.3 Å². The Morgan fingerprint density at radius 1 is 1.22 bits per heavy atom. The van der Waals surface area contributed by atoms with E-state index in [1.54, 1.807) is 6.20 Å². The maximum absolute atomic E-state index is 12.5. The molecule has 1 atom stereocenters. The summed E-state index contributed by atoms with van der Waals surface area (Å²) in [6.45, 7) is 0. The number of carbonyl (C=O) groups excluding carboxylic acids is 1. The summed E-state index contributed by atoms with van der Waals surface area (Å²) in [6, 6.07) is 12.1. The molecule has 2 N–H and O–H groups in total. The number of imidazole rings is 1. The Labute approximate surface area is 132 Å². The van der Waals surface area contributed by atoms with Crippen LogP contribution in [0.5, 0.6) is 0 Å². The number of pyridine rings is 1. The fraction of sp³-hybridized carbons (Fsp3) is 0.118. The second-order valence-electron chi connectivity index (χ2n) is 5.16. The van der Waals surface area contributed by atoms with Crippen LogP contribution >= 0.6 is 0 Å². The maximum Gasteiger partial charge on any atom is 0.253 e. The van der Waals surface area contributed by atoms with Gasteiger partial charge in [-0.3, -0.25) is 9.59 Å². The zero-order chi connectivity index (χ0) is 16.2. The Bertz CT molecular complexity index is 847. The molecule has 1 amide bonds. The zero-order valence-corrected chi connectivity index (χ0v) is 12.6. The number of benzene rings is 1. The zero-order valence-electron chi connectivity index (χ0n) is 12.6. The molecule has 2 aromatic heterocycles. The van der Waals surface area contributed by atoms with Gasteiger partial charge in [0.2, 0.25) is 5.56 Å². The van der Waals surface area contributed by atoms with Gasteiger partial charge in [0, 0.05) is 31.7 Å². The van der Waals surface area contributed by atoms with Crippen LogP contribution in [-0.2, 0) is 7.05 Å². The predicted molar refractivity (Wildman–Crippen MR) is 86.0 cm³/mol. The fourth-order valence-electron chi connectivity index (χ4n) is 2.36. The lowest BCUT2D eigenvalue weighted by Gasteiger charge is -2.19. The number of H-pyrrole nitrogens is 1. The molecule has 0 saturated carbocycles. The van der Waals surface area contributed by atoms with E-state index >= 15 is 0 Å². The number of aryl methyl sites for hydroxylation is 1. The Hall–Kier alpha value is -3.15. The Morgan fingerprint density at radius 3 is 2.61 bits per heavy atom. The van der Waals surface area contributed by atoms with E-state index in [0.717, 1.165) is 11.4 Å². The molecule has 6 nitrogen and oxygen atoms in total. The van der Waals surface area contributed by atoms with Crippen molar-refractivity contribution in [3.63, 3.8) is 0 Å². The first-order valence-corrected chi connectivity index (χ1v) is 7.17. The van der Waals surface area contributed by atoms with Crippen LogP contribution in [0.15, 0.2) is 65.8 Å². The van der Waals surface area contributed by atoms with E-state index in [-0.39, 0.29) is 17.5 Å². The number of aromatic nitrogens is 3. The SMILES string of the molecule is Cn1ccnc1[C@H](NC(=O)c1ccc(=O)[nH]c1)c1ccccc1. The first-order valence-electron chi connectivity index (χ1n) is 7.17. The maximum atomic E-state index is 12.5. The molecule has 3 aromatic rings. The third-order valence-corrected chi connectivity index (χ3v) is 3.57. The van der Waals surface area contributed by atoms with Gasteiger partial charge in [-0.2, -0.15) is 0 Å². The number of hydrogen-bond donors (Lipinski definition) is 2. The summed E-state index contributed by atoms with van der Waals surface area (Å²) in [5, 5.41) is 2.97. The van der Waals surface area contributed by atoms with Crippen LogP contribution in [-0.4, -0.2) is 20.4 Å². The summed E-state index contributed by atoms with van der Waals surface area (Å²) >= 11 is 0. The molecule has 2 heterocycles. The van der Waals surface area contributed by atoms with E-state index in [1.807, 2.05) is 48.1 Å². The van der Waals surface area contributed by atoms with Crippen LogP contribution in [0, 0.1) is 0 Å². The smallest absolute Gasteiger partial charge is 0.253 e. The number of nitrogens with one attached hydrogen (secondary N) is 2. The summed E-state index contributed by atoms with van der Waals surface area (Å²) in [5.41, 5.74) is 1.07. The van der Waals surface area contributed by atoms with E-state index in [0.29, 0.717) is 5.56 Å². The van der Waals surface area contributed by atoms with Crippen LogP contribution < -0.4 is 10.9 Å².